The largest absolute Gasteiger partial charge is 0.476 e. The minimum Gasteiger partial charge on any atom is -0.476 e. The Morgan fingerprint density at radius 2 is 2.24 bits per heavy atom. The number of hydrogen-bond acceptors (Lipinski definition) is 6. The number of rotatable bonds is 7. The van der Waals surface area contributed by atoms with Crippen LogP contribution in [0.25, 0.3) is 0 Å². The predicted molar refractivity (Wildman–Crippen MR) is 66.3 cm³/mol. The first-order valence-electron chi connectivity index (χ1n) is 5.59. The summed E-state index contributed by atoms with van der Waals surface area (Å²) in [5, 5.41) is 3.21. The molecule has 6 heteroatoms. The monoisotopic (exact) mass is 240 g/mol. The number of aryl methyl sites for hydroxylation is 1. The van der Waals surface area contributed by atoms with Crippen LogP contribution in [0.3, 0.4) is 0 Å². The number of nitrogens with zero attached hydrogens (tertiary/aromatic N) is 2. The van der Waals surface area contributed by atoms with Gasteiger partial charge in [0.1, 0.15) is 18.2 Å². The molecular weight excluding hydrogens is 220 g/mol. The van der Waals surface area contributed by atoms with Gasteiger partial charge in [0.15, 0.2) is 0 Å². The van der Waals surface area contributed by atoms with Crippen LogP contribution in [0.4, 0.5) is 5.82 Å². The standard InChI is InChI=1S/C11H20N4O2/c1-8(7-16-3)13-10-6-11(17-5-4-12)15-9(2)14-10/h6,8H,4-5,7,12H2,1-3H3,(H,13,14,15)/t8-/m1/s1. The lowest BCUT2D eigenvalue weighted by atomic mass is 10.3. The number of methoxy groups -OCH3 is 1. The number of nitrogens with one attached hydrogen (secondary N) is 1. The van der Waals surface area contributed by atoms with Gasteiger partial charge in [-0.1, -0.05) is 0 Å². The highest BCUT2D eigenvalue weighted by Gasteiger charge is 2.06. The zero-order valence-corrected chi connectivity index (χ0v) is 10.6. The average molecular weight is 240 g/mol. The summed E-state index contributed by atoms with van der Waals surface area (Å²) in [6.45, 7) is 5.36. The van der Waals surface area contributed by atoms with Crippen molar-refractivity contribution in [3.05, 3.63) is 11.9 Å². The predicted octanol–water partition coefficient (Wildman–Crippen LogP) is 0.569. The van der Waals surface area contributed by atoms with Gasteiger partial charge in [-0.05, 0) is 13.8 Å². The fourth-order valence-electron chi connectivity index (χ4n) is 1.40. The van der Waals surface area contributed by atoms with Gasteiger partial charge in [0.25, 0.3) is 0 Å². The summed E-state index contributed by atoms with van der Waals surface area (Å²) in [6.07, 6.45) is 0. The van der Waals surface area contributed by atoms with Gasteiger partial charge in [-0.2, -0.15) is 4.98 Å². The zero-order chi connectivity index (χ0) is 12.7. The van der Waals surface area contributed by atoms with E-state index in [0.717, 1.165) is 5.82 Å². The molecule has 0 saturated heterocycles. The Morgan fingerprint density at radius 1 is 1.47 bits per heavy atom. The van der Waals surface area contributed by atoms with Crippen molar-refractivity contribution < 1.29 is 9.47 Å². The van der Waals surface area contributed by atoms with Crippen molar-refractivity contribution in [1.29, 1.82) is 0 Å². The van der Waals surface area contributed by atoms with Crippen LogP contribution in [-0.2, 0) is 4.74 Å². The van der Waals surface area contributed by atoms with Crippen molar-refractivity contribution in [2.45, 2.75) is 19.9 Å². The zero-order valence-electron chi connectivity index (χ0n) is 10.6. The van der Waals surface area contributed by atoms with Gasteiger partial charge in [0.05, 0.1) is 6.61 Å². The lowest BCUT2D eigenvalue weighted by molar-refractivity contribution is 0.190. The van der Waals surface area contributed by atoms with Gasteiger partial charge in [-0.3, -0.25) is 0 Å². The van der Waals surface area contributed by atoms with Crippen molar-refractivity contribution in [1.82, 2.24) is 9.97 Å². The molecule has 1 heterocycles. The smallest absolute Gasteiger partial charge is 0.218 e. The molecule has 1 rings (SSSR count). The first kappa shape index (κ1) is 13.7. The lowest BCUT2D eigenvalue weighted by Crippen LogP contribution is -2.22. The summed E-state index contributed by atoms with van der Waals surface area (Å²) in [5.41, 5.74) is 5.37. The number of nitrogens with two attached hydrogens (primary N) is 1. The lowest BCUT2D eigenvalue weighted by Gasteiger charge is -2.14. The molecule has 0 aliphatic heterocycles. The van der Waals surface area contributed by atoms with Crippen LogP contribution in [-0.4, -0.2) is 42.9 Å². The Bertz CT molecular complexity index is 346. The number of hydrogen-bond donors (Lipinski definition) is 2. The highest BCUT2D eigenvalue weighted by molar-refractivity contribution is 5.39. The first-order valence-corrected chi connectivity index (χ1v) is 5.59. The Labute approximate surface area is 102 Å². The van der Waals surface area contributed by atoms with E-state index in [4.69, 9.17) is 15.2 Å². The van der Waals surface area contributed by atoms with Crippen molar-refractivity contribution in [3.8, 4) is 5.88 Å². The van der Waals surface area contributed by atoms with Gasteiger partial charge in [-0.25, -0.2) is 4.98 Å². The molecule has 0 saturated carbocycles. The second kappa shape index (κ2) is 7.03. The molecule has 0 aromatic carbocycles. The van der Waals surface area contributed by atoms with E-state index in [-0.39, 0.29) is 6.04 Å². The number of anilines is 1. The van der Waals surface area contributed by atoms with E-state index < -0.39 is 0 Å². The Hall–Kier alpha value is -1.40. The van der Waals surface area contributed by atoms with E-state index in [1.165, 1.54) is 0 Å². The minimum atomic E-state index is 0.177. The van der Waals surface area contributed by atoms with Gasteiger partial charge in [0, 0.05) is 25.8 Å². The molecule has 3 N–H and O–H groups in total. The molecule has 0 aliphatic rings. The third-order valence-electron chi connectivity index (χ3n) is 1.99. The van der Waals surface area contributed by atoms with E-state index in [2.05, 4.69) is 15.3 Å². The molecule has 1 aromatic rings. The maximum atomic E-state index is 5.37. The summed E-state index contributed by atoms with van der Waals surface area (Å²) in [6, 6.07) is 1.94. The molecular formula is C11H20N4O2. The van der Waals surface area contributed by atoms with Crippen LogP contribution in [0.5, 0.6) is 5.88 Å². The summed E-state index contributed by atoms with van der Waals surface area (Å²) in [5.74, 6) is 1.93. The number of aromatic nitrogens is 2. The van der Waals surface area contributed by atoms with Crippen molar-refractivity contribution >= 4 is 5.82 Å². The summed E-state index contributed by atoms with van der Waals surface area (Å²) in [4.78, 5) is 8.44. The quantitative estimate of drug-likeness (QED) is 0.725. The molecule has 1 aromatic heterocycles. The van der Waals surface area contributed by atoms with Gasteiger partial charge < -0.3 is 20.5 Å². The summed E-state index contributed by atoms with van der Waals surface area (Å²) in [7, 11) is 1.67. The van der Waals surface area contributed by atoms with Crippen molar-refractivity contribution in [2.75, 3.05) is 32.2 Å². The summed E-state index contributed by atoms with van der Waals surface area (Å²) >= 11 is 0. The van der Waals surface area contributed by atoms with E-state index in [9.17, 15) is 0 Å². The van der Waals surface area contributed by atoms with Crippen LogP contribution >= 0.6 is 0 Å². The molecule has 0 bridgehead atoms. The first-order chi connectivity index (χ1) is 8.15. The third kappa shape index (κ3) is 4.97. The van der Waals surface area contributed by atoms with E-state index in [0.29, 0.717) is 31.5 Å². The highest BCUT2D eigenvalue weighted by atomic mass is 16.5. The van der Waals surface area contributed by atoms with Crippen LogP contribution in [0.15, 0.2) is 6.07 Å². The molecule has 17 heavy (non-hydrogen) atoms. The fraction of sp³-hybridized carbons (Fsp3) is 0.636. The van der Waals surface area contributed by atoms with E-state index >= 15 is 0 Å². The molecule has 6 nitrogen and oxygen atoms in total. The number of ether oxygens (including phenoxy) is 2. The molecule has 0 aliphatic carbocycles. The summed E-state index contributed by atoms with van der Waals surface area (Å²) < 4.78 is 10.4. The molecule has 0 radical (unpaired) electrons. The molecule has 0 amide bonds. The van der Waals surface area contributed by atoms with Gasteiger partial charge >= 0.3 is 0 Å². The third-order valence-corrected chi connectivity index (χ3v) is 1.99. The van der Waals surface area contributed by atoms with Crippen molar-refractivity contribution in [3.63, 3.8) is 0 Å². The van der Waals surface area contributed by atoms with E-state index in [1.54, 1.807) is 13.2 Å². The van der Waals surface area contributed by atoms with E-state index in [1.807, 2.05) is 13.8 Å². The van der Waals surface area contributed by atoms with Crippen LogP contribution in [0.1, 0.15) is 12.7 Å². The van der Waals surface area contributed by atoms with Gasteiger partial charge in [0.2, 0.25) is 5.88 Å². The molecule has 0 unspecified atom stereocenters. The Morgan fingerprint density at radius 3 is 2.88 bits per heavy atom. The topological polar surface area (TPSA) is 82.3 Å². The molecule has 1 atom stereocenters. The molecule has 0 spiro atoms. The van der Waals surface area contributed by atoms with Crippen LogP contribution in [0, 0.1) is 6.92 Å². The van der Waals surface area contributed by atoms with Gasteiger partial charge in [-0.15, -0.1) is 0 Å². The molecule has 96 valence electrons. The second-order valence-corrected chi connectivity index (χ2v) is 3.78. The maximum Gasteiger partial charge on any atom is 0.218 e. The SMILES string of the molecule is COC[C@@H](C)Nc1cc(OCCN)nc(C)n1. The van der Waals surface area contributed by atoms with Crippen LogP contribution in [0.2, 0.25) is 0 Å². The Balaban J connectivity index is 2.67. The Kier molecular flexibility index (Phi) is 5.65. The van der Waals surface area contributed by atoms with Crippen molar-refractivity contribution in [2.24, 2.45) is 5.73 Å². The maximum absolute atomic E-state index is 5.37. The highest BCUT2D eigenvalue weighted by Crippen LogP contribution is 2.14. The van der Waals surface area contributed by atoms with Crippen LogP contribution < -0.4 is 15.8 Å². The minimum absolute atomic E-state index is 0.177. The second-order valence-electron chi connectivity index (χ2n) is 3.78. The normalized spacial score (nSPS) is 12.2. The average Bonchev–Trinajstić information content (AvgIpc) is 2.25. The molecule has 0 fully saturated rings. The fourth-order valence-corrected chi connectivity index (χ4v) is 1.40.